The van der Waals surface area contributed by atoms with E-state index in [1.54, 1.807) is 30.1 Å². The lowest BCUT2D eigenvalue weighted by Gasteiger charge is -2.05. The average molecular weight is 255 g/mol. The van der Waals surface area contributed by atoms with Crippen molar-refractivity contribution in [3.63, 3.8) is 0 Å². The molecule has 0 saturated carbocycles. The van der Waals surface area contributed by atoms with Gasteiger partial charge in [-0.25, -0.2) is 4.39 Å². The molecule has 2 nitrogen and oxygen atoms in total. The van der Waals surface area contributed by atoms with Gasteiger partial charge in [-0.05, 0) is 34.1 Å². The number of aryl methyl sites for hydroxylation is 1. The molecule has 2 rings (SSSR count). The van der Waals surface area contributed by atoms with Crippen LogP contribution in [0.4, 0.5) is 4.39 Å². The number of aromatic nitrogens is 2. The first-order chi connectivity index (χ1) is 6.70. The standard InChI is InChI=1S/C10H8BrFN2/c1-14-9(5-6-13-14)10-7(11)3-2-4-8(10)12/h2-6H,1H3. The van der Waals surface area contributed by atoms with Crippen molar-refractivity contribution in [1.82, 2.24) is 9.78 Å². The van der Waals surface area contributed by atoms with Crippen molar-refractivity contribution in [3.8, 4) is 11.3 Å². The summed E-state index contributed by atoms with van der Waals surface area (Å²) in [6, 6.07) is 6.70. The Kier molecular flexibility index (Phi) is 2.37. The first kappa shape index (κ1) is 9.40. The van der Waals surface area contributed by atoms with Gasteiger partial charge in [-0.2, -0.15) is 5.10 Å². The van der Waals surface area contributed by atoms with E-state index in [4.69, 9.17) is 0 Å². The van der Waals surface area contributed by atoms with E-state index in [0.29, 0.717) is 5.56 Å². The third-order valence-corrected chi connectivity index (χ3v) is 2.70. The number of halogens is 2. The van der Waals surface area contributed by atoms with E-state index < -0.39 is 0 Å². The number of hydrogen-bond donors (Lipinski definition) is 0. The van der Waals surface area contributed by atoms with Gasteiger partial charge >= 0.3 is 0 Å². The van der Waals surface area contributed by atoms with Crippen LogP contribution in [0.3, 0.4) is 0 Å². The van der Waals surface area contributed by atoms with Crippen LogP contribution in [0.1, 0.15) is 0 Å². The van der Waals surface area contributed by atoms with E-state index in [9.17, 15) is 4.39 Å². The monoisotopic (exact) mass is 254 g/mol. The van der Waals surface area contributed by atoms with Crippen LogP contribution in [0.5, 0.6) is 0 Å². The van der Waals surface area contributed by atoms with Gasteiger partial charge in [-0.3, -0.25) is 4.68 Å². The Balaban J connectivity index is 2.68. The highest BCUT2D eigenvalue weighted by atomic mass is 79.9. The van der Waals surface area contributed by atoms with E-state index in [0.717, 1.165) is 10.2 Å². The molecule has 0 aliphatic heterocycles. The molecular weight excluding hydrogens is 247 g/mol. The molecule has 1 aromatic heterocycles. The first-order valence-electron chi connectivity index (χ1n) is 4.12. The Morgan fingerprint density at radius 1 is 1.36 bits per heavy atom. The normalized spacial score (nSPS) is 10.5. The second kappa shape index (κ2) is 3.53. The zero-order chi connectivity index (χ0) is 10.1. The van der Waals surface area contributed by atoms with Crippen LogP contribution in [0.25, 0.3) is 11.3 Å². The Morgan fingerprint density at radius 2 is 2.14 bits per heavy atom. The third kappa shape index (κ3) is 1.46. The summed E-state index contributed by atoms with van der Waals surface area (Å²) in [5.41, 5.74) is 1.31. The predicted octanol–water partition coefficient (Wildman–Crippen LogP) is 2.99. The van der Waals surface area contributed by atoms with E-state index in [1.807, 2.05) is 6.07 Å². The molecule has 0 amide bonds. The molecule has 0 fully saturated rings. The number of rotatable bonds is 1. The highest BCUT2D eigenvalue weighted by Gasteiger charge is 2.11. The van der Waals surface area contributed by atoms with Gasteiger partial charge in [0.05, 0.1) is 5.69 Å². The molecule has 1 heterocycles. The third-order valence-electron chi connectivity index (χ3n) is 2.04. The fourth-order valence-electron chi connectivity index (χ4n) is 1.36. The minimum atomic E-state index is -0.247. The molecule has 0 radical (unpaired) electrons. The zero-order valence-electron chi connectivity index (χ0n) is 7.54. The minimum absolute atomic E-state index is 0.247. The lowest BCUT2D eigenvalue weighted by atomic mass is 10.1. The molecule has 0 unspecified atom stereocenters. The predicted molar refractivity (Wildman–Crippen MR) is 56.3 cm³/mol. The second-order valence-corrected chi connectivity index (χ2v) is 3.79. The molecule has 0 N–H and O–H groups in total. The summed E-state index contributed by atoms with van der Waals surface area (Å²) < 4.78 is 15.9. The molecule has 0 aliphatic carbocycles. The highest BCUT2D eigenvalue weighted by molar-refractivity contribution is 9.10. The Labute approximate surface area is 89.5 Å². The van der Waals surface area contributed by atoms with Crippen LogP contribution in [-0.4, -0.2) is 9.78 Å². The molecule has 4 heteroatoms. The molecule has 0 spiro atoms. The van der Waals surface area contributed by atoms with Crippen LogP contribution in [0.2, 0.25) is 0 Å². The molecule has 14 heavy (non-hydrogen) atoms. The summed E-state index contributed by atoms with van der Waals surface area (Å²) >= 11 is 3.32. The van der Waals surface area contributed by atoms with E-state index in [-0.39, 0.29) is 5.82 Å². The number of hydrogen-bond acceptors (Lipinski definition) is 1. The van der Waals surface area contributed by atoms with Gasteiger partial charge < -0.3 is 0 Å². The summed E-state index contributed by atoms with van der Waals surface area (Å²) in [6.45, 7) is 0. The Morgan fingerprint density at radius 3 is 2.71 bits per heavy atom. The van der Waals surface area contributed by atoms with Gasteiger partial charge in [0.1, 0.15) is 5.82 Å². The van der Waals surface area contributed by atoms with Crippen LogP contribution in [-0.2, 0) is 7.05 Å². The fourth-order valence-corrected chi connectivity index (χ4v) is 1.91. The van der Waals surface area contributed by atoms with E-state index in [1.165, 1.54) is 6.07 Å². The van der Waals surface area contributed by atoms with Crippen LogP contribution >= 0.6 is 15.9 Å². The average Bonchev–Trinajstić information content (AvgIpc) is 2.52. The molecule has 2 aromatic rings. The maximum Gasteiger partial charge on any atom is 0.133 e. The summed E-state index contributed by atoms with van der Waals surface area (Å²) in [5, 5.41) is 4.00. The van der Waals surface area contributed by atoms with Crippen molar-refractivity contribution < 1.29 is 4.39 Å². The lowest BCUT2D eigenvalue weighted by molar-refractivity contribution is 0.627. The summed E-state index contributed by atoms with van der Waals surface area (Å²) in [7, 11) is 1.79. The summed E-state index contributed by atoms with van der Waals surface area (Å²) in [6.07, 6.45) is 1.65. The van der Waals surface area contributed by atoms with Gasteiger partial charge in [0.25, 0.3) is 0 Å². The quantitative estimate of drug-likeness (QED) is 0.765. The SMILES string of the molecule is Cn1nccc1-c1c(F)cccc1Br. The van der Waals surface area contributed by atoms with Crippen molar-refractivity contribution in [2.45, 2.75) is 0 Å². The summed E-state index contributed by atoms with van der Waals surface area (Å²) in [4.78, 5) is 0. The maximum atomic E-state index is 13.5. The van der Waals surface area contributed by atoms with Crippen molar-refractivity contribution >= 4 is 15.9 Å². The van der Waals surface area contributed by atoms with Crippen molar-refractivity contribution in [2.75, 3.05) is 0 Å². The second-order valence-electron chi connectivity index (χ2n) is 2.94. The van der Waals surface area contributed by atoms with Crippen molar-refractivity contribution in [3.05, 3.63) is 40.8 Å². The first-order valence-corrected chi connectivity index (χ1v) is 4.92. The van der Waals surface area contributed by atoms with Gasteiger partial charge in [0.2, 0.25) is 0 Å². The number of benzene rings is 1. The van der Waals surface area contributed by atoms with Crippen LogP contribution in [0, 0.1) is 5.82 Å². The largest absolute Gasteiger partial charge is 0.268 e. The zero-order valence-corrected chi connectivity index (χ0v) is 9.12. The van der Waals surface area contributed by atoms with Gasteiger partial charge in [-0.1, -0.05) is 6.07 Å². The van der Waals surface area contributed by atoms with Gasteiger partial charge in [-0.15, -0.1) is 0 Å². The maximum absolute atomic E-state index is 13.5. The topological polar surface area (TPSA) is 17.8 Å². The molecule has 72 valence electrons. The van der Waals surface area contributed by atoms with Crippen LogP contribution in [0.15, 0.2) is 34.9 Å². The van der Waals surface area contributed by atoms with E-state index in [2.05, 4.69) is 21.0 Å². The van der Waals surface area contributed by atoms with Gasteiger partial charge in [0, 0.05) is 23.3 Å². The summed E-state index contributed by atoms with van der Waals surface area (Å²) in [5.74, 6) is -0.247. The van der Waals surface area contributed by atoms with Crippen LogP contribution < -0.4 is 0 Å². The molecular formula is C10H8BrFN2. The smallest absolute Gasteiger partial charge is 0.133 e. The van der Waals surface area contributed by atoms with Crippen molar-refractivity contribution in [2.24, 2.45) is 7.05 Å². The highest BCUT2D eigenvalue weighted by Crippen LogP contribution is 2.29. The molecule has 0 bridgehead atoms. The Bertz CT molecular complexity index is 445. The Hall–Kier alpha value is -1.16. The lowest BCUT2D eigenvalue weighted by Crippen LogP contribution is -1.96. The van der Waals surface area contributed by atoms with E-state index >= 15 is 0 Å². The number of nitrogens with zero attached hydrogens (tertiary/aromatic N) is 2. The molecule has 0 atom stereocenters. The fraction of sp³-hybridized carbons (Fsp3) is 0.100. The molecule has 0 aliphatic rings. The molecule has 1 aromatic carbocycles. The molecule has 0 saturated heterocycles. The minimum Gasteiger partial charge on any atom is -0.268 e. The van der Waals surface area contributed by atoms with Crippen molar-refractivity contribution in [1.29, 1.82) is 0 Å². The van der Waals surface area contributed by atoms with Gasteiger partial charge in [0.15, 0.2) is 0 Å².